The quantitative estimate of drug-likeness (QED) is 0.796. The van der Waals surface area contributed by atoms with Crippen LogP contribution in [0, 0.1) is 17.5 Å². The summed E-state index contributed by atoms with van der Waals surface area (Å²) in [7, 11) is 0. The topological polar surface area (TPSA) is 72.7 Å². The van der Waals surface area contributed by atoms with Gasteiger partial charge in [0.05, 0.1) is 0 Å². The molecule has 0 unspecified atom stereocenters. The Labute approximate surface area is 133 Å². The summed E-state index contributed by atoms with van der Waals surface area (Å²) < 4.78 is 39.2. The van der Waals surface area contributed by atoms with Crippen LogP contribution in [0.5, 0.6) is 0 Å². The summed E-state index contributed by atoms with van der Waals surface area (Å²) in [4.78, 5) is 12.9. The van der Waals surface area contributed by atoms with E-state index in [0.29, 0.717) is 5.69 Å². The molecule has 3 rings (SSSR count). The molecule has 3 aromatic rings. The molecule has 0 aliphatic carbocycles. The van der Waals surface area contributed by atoms with Gasteiger partial charge < -0.3 is 5.32 Å². The summed E-state index contributed by atoms with van der Waals surface area (Å²) >= 11 is 0. The summed E-state index contributed by atoms with van der Waals surface area (Å²) in [5.74, 6) is -2.43. The van der Waals surface area contributed by atoms with Crippen molar-refractivity contribution in [3.8, 4) is 11.4 Å². The van der Waals surface area contributed by atoms with Crippen LogP contribution in [-0.4, -0.2) is 26.1 Å². The Morgan fingerprint density at radius 3 is 2.33 bits per heavy atom. The van der Waals surface area contributed by atoms with E-state index in [2.05, 4.69) is 20.7 Å². The van der Waals surface area contributed by atoms with Crippen LogP contribution in [0.15, 0.2) is 42.5 Å². The van der Waals surface area contributed by atoms with Crippen LogP contribution in [0.25, 0.3) is 11.4 Å². The Hall–Kier alpha value is -3.23. The van der Waals surface area contributed by atoms with Gasteiger partial charge in [-0.3, -0.25) is 4.79 Å². The molecule has 1 amide bonds. The van der Waals surface area contributed by atoms with E-state index < -0.39 is 23.4 Å². The molecule has 6 nitrogen and oxygen atoms in total. The molecule has 0 saturated carbocycles. The molecule has 122 valence electrons. The second-order valence-corrected chi connectivity index (χ2v) is 4.86. The van der Waals surface area contributed by atoms with Crippen molar-refractivity contribution >= 4 is 11.6 Å². The largest absolute Gasteiger partial charge is 0.324 e. The van der Waals surface area contributed by atoms with Crippen molar-refractivity contribution < 1.29 is 18.0 Å². The van der Waals surface area contributed by atoms with Gasteiger partial charge in [0.1, 0.15) is 24.0 Å². The van der Waals surface area contributed by atoms with Gasteiger partial charge in [-0.2, -0.15) is 4.80 Å². The molecule has 0 bridgehead atoms. The summed E-state index contributed by atoms with van der Waals surface area (Å²) in [6.45, 7) is -0.262. The fourth-order valence-electron chi connectivity index (χ4n) is 1.97. The maximum absolute atomic E-state index is 13.2. The zero-order valence-corrected chi connectivity index (χ0v) is 12.1. The number of carbonyl (C=O) groups excluding carboxylic acids is 1. The highest BCUT2D eigenvalue weighted by molar-refractivity contribution is 5.90. The maximum atomic E-state index is 13.2. The minimum Gasteiger partial charge on any atom is -0.324 e. The SMILES string of the molecule is O=C(Cn1nnc(-c2cc(F)cc(F)c2)n1)Nc1ccc(F)cc1. The number of tetrazole rings is 1. The Bertz CT molecular complexity index is 859. The number of benzene rings is 2. The summed E-state index contributed by atoms with van der Waals surface area (Å²) in [5, 5.41) is 13.7. The number of rotatable bonds is 4. The predicted molar refractivity (Wildman–Crippen MR) is 78.2 cm³/mol. The first kappa shape index (κ1) is 15.7. The highest BCUT2D eigenvalue weighted by atomic mass is 19.1. The molecule has 0 radical (unpaired) electrons. The maximum Gasteiger partial charge on any atom is 0.248 e. The van der Waals surface area contributed by atoms with Gasteiger partial charge in [0.2, 0.25) is 11.7 Å². The number of aromatic nitrogens is 4. The van der Waals surface area contributed by atoms with E-state index >= 15 is 0 Å². The van der Waals surface area contributed by atoms with E-state index in [1.807, 2.05) is 0 Å². The van der Waals surface area contributed by atoms with Crippen LogP contribution in [-0.2, 0) is 11.3 Å². The molecular weight excluding hydrogens is 323 g/mol. The first-order valence-electron chi connectivity index (χ1n) is 6.79. The van der Waals surface area contributed by atoms with E-state index in [4.69, 9.17) is 0 Å². The summed E-state index contributed by atoms with van der Waals surface area (Å²) in [6, 6.07) is 8.07. The molecule has 1 heterocycles. The number of nitrogens with zero attached hydrogens (tertiary/aromatic N) is 4. The monoisotopic (exact) mass is 333 g/mol. The Kier molecular flexibility index (Phi) is 4.23. The third-order valence-electron chi connectivity index (χ3n) is 2.99. The molecule has 0 atom stereocenters. The average molecular weight is 333 g/mol. The molecular formula is C15H10F3N5O. The zero-order chi connectivity index (χ0) is 17.1. The van der Waals surface area contributed by atoms with Crippen LogP contribution in [0.2, 0.25) is 0 Å². The standard InChI is InChI=1S/C15H10F3N5O/c16-10-1-3-13(4-2-10)19-14(24)8-23-21-15(20-22-23)9-5-11(17)7-12(18)6-9/h1-7H,8H2,(H,19,24). The van der Waals surface area contributed by atoms with Gasteiger partial charge in [-0.05, 0) is 41.6 Å². The van der Waals surface area contributed by atoms with Gasteiger partial charge in [-0.15, -0.1) is 10.2 Å². The zero-order valence-electron chi connectivity index (χ0n) is 12.1. The van der Waals surface area contributed by atoms with Crippen LogP contribution in [0.4, 0.5) is 18.9 Å². The number of hydrogen-bond donors (Lipinski definition) is 1. The van der Waals surface area contributed by atoms with Crippen molar-refractivity contribution in [2.24, 2.45) is 0 Å². The van der Waals surface area contributed by atoms with Gasteiger partial charge in [-0.1, -0.05) is 0 Å². The normalized spacial score (nSPS) is 10.6. The third kappa shape index (κ3) is 3.75. The highest BCUT2D eigenvalue weighted by Gasteiger charge is 2.11. The van der Waals surface area contributed by atoms with Crippen molar-refractivity contribution in [1.29, 1.82) is 0 Å². The number of hydrogen-bond acceptors (Lipinski definition) is 4. The lowest BCUT2D eigenvalue weighted by atomic mass is 10.2. The summed E-state index contributed by atoms with van der Waals surface area (Å²) in [6.07, 6.45) is 0. The van der Waals surface area contributed by atoms with Crippen molar-refractivity contribution in [3.63, 3.8) is 0 Å². The van der Waals surface area contributed by atoms with E-state index in [0.717, 1.165) is 23.0 Å². The van der Waals surface area contributed by atoms with E-state index in [-0.39, 0.29) is 17.9 Å². The minimum absolute atomic E-state index is 0.0111. The van der Waals surface area contributed by atoms with Gasteiger partial charge in [0.25, 0.3) is 0 Å². The first-order chi connectivity index (χ1) is 11.5. The van der Waals surface area contributed by atoms with E-state index in [9.17, 15) is 18.0 Å². The molecule has 0 spiro atoms. The van der Waals surface area contributed by atoms with Crippen LogP contribution in [0.1, 0.15) is 0 Å². The van der Waals surface area contributed by atoms with Crippen LogP contribution >= 0.6 is 0 Å². The summed E-state index contributed by atoms with van der Waals surface area (Å²) in [5.41, 5.74) is 0.520. The van der Waals surface area contributed by atoms with Crippen molar-refractivity contribution in [2.75, 3.05) is 5.32 Å². The lowest BCUT2D eigenvalue weighted by Gasteiger charge is -2.03. The molecule has 1 N–H and O–H groups in total. The Morgan fingerprint density at radius 1 is 1.00 bits per heavy atom. The molecule has 0 saturated heterocycles. The Balaban J connectivity index is 1.69. The van der Waals surface area contributed by atoms with Crippen molar-refractivity contribution in [1.82, 2.24) is 20.2 Å². The number of anilines is 1. The highest BCUT2D eigenvalue weighted by Crippen LogP contribution is 2.17. The third-order valence-corrected chi connectivity index (χ3v) is 2.99. The molecule has 24 heavy (non-hydrogen) atoms. The Morgan fingerprint density at radius 2 is 1.67 bits per heavy atom. The van der Waals surface area contributed by atoms with E-state index in [1.54, 1.807) is 0 Å². The molecule has 2 aromatic carbocycles. The van der Waals surface area contributed by atoms with Gasteiger partial charge in [0.15, 0.2) is 0 Å². The molecule has 9 heteroatoms. The number of halogens is 3. The van der Waals surface area contributed by atoms with Gasteiger partial charge in [-0.25, -0.2) is 13.2 Å². The molecule has 1 aromatic heterocycles. The lowest BCUT2D eigenvalue weighted by Crippen LogP contribution is -2.20. The van der Waals surface area contributed by atoms with Crippen LogP contribution in [0.3, 0.4) is 0 Å². The fourth-order valence-corrected chi connectivity index (χ4v) is 1.97. The second-order valence-electron chi connectivity index (χ2n) is 4.86. The minimum atomic E-state index is -0.768. The van der Waals surface area contributed by atoms with Crippen molar-refractivity contribution in [2.45, 2.75) is 6.54 Å². The van der Waals surface area contributed by atoms with Crippen molar-refractivity contribution in [3.05, 3.63) is 59.9 Å². The van der Waals surface area contributed by atoms with E-state index in [1.165, 1.54) is 24.3 Å². The molecule has 0 fully saturated rings. The number of amides is 1. The second kappa shape index (κ2) is 6.49. The molecule has 0 aliphatic heterocycles. The lowest BCUT2D eigenvalue weighted by molar-refractivity contribution is -0.117. The fraction of sp³-hybridized carbons (Fsp3) is 0.0667. The smallest absolute Gasteiger partial charge is 0.248 e. The number of carbonyl (C=O) groups is 1. The first-order valence-corrected chi connectivity index (χ1v) is 6.79. The van der Waals surface area contributed by atoms with Gasteiger partial charge >= 0.3 is 0 Å². The average Bonchev–Trinajstić information content (AvgIpc) is 2.97. The number of nitrogens with one attached hydrogen (secondary N) is 1. The van der Waals surface area contributed by atoms with Gasteiger partial charge in [0, 0.05) is 17.3 Å². The predicted octanol–water partition coefficient (Wildman–Crippen LogP) is 2.40. The molecule has 0 aliphatic rings. The van der Waals surface area contributed by atoms with Crippen LogP contribution < -0.4 is 5.32 Å².